The van der Waals surface area contributed by atoms with Crippen LogP contribution in [0, 0.1) is 6.92 Å². The van der Waals surface area contributed by atoms with Gasteiger partial charge in [0.15, 0.2) is 5.82 Å². The van der Waals surface area contributed by atoms with Crippen LogP contribution in [0.25, 0.3) is 0 Å². The molecule has 124 valence electrons. The van der Waals surface area contributed by atoms with Crippen molar-refractivity contribution in [2.24, 2.45) is 0 Å². The van der Waals surface area contributed by atoms with E-state index in [1.54, 1.807) is 14.2 Å². The van der Waals surface area contributed by atoms with Crippen molar-refractivity contribution in [1.82, 2.24) is 20.1 Å². The molecule has 6 heteroatoms. The number of nitrogens with zero attached hydrogens (tertiary/aromatic N) is 3. The molecule has 3 rings (SSSR count). The van der Waals surface area contributed by atoms with Crippen LogP contribution in [0.15, 0.2) is 24.3 Å². The Morgan fingerprint density at radius 3 is 2.65 bits per heavy atom. The number of aromatic amines is 1. The summed E-state index contributed by atoms with van der Waals surface area (Å²) in [5.74, 6) is 2.62. The van der Waals surface area contributed by atoms with Crippen LogP contribution >= 0.6 is 0 Å². The third kappa shape index (κ3) is 3.71. The fourth-order valence-corrected chi connectivity index (χ4v) is 3.12. The number of methoxy groups -OCH3 is 2. The highest BCUT2D eigenvalue weighted by atomic mass is 16.5. The van der Waals surface area contributed by atoms with Crippen LogP contribution in [0.3, 0.4) is 0 Å². The molecule has 0 bridgehead atoms. The van der Waals surface area contributed by atoms with Crippen molar-refractivity contribution in [3.05, 3.63) is 41.5 Å². The Morgan fingerprint density at radius 2 is 2.04 bits per heavy atom. The monoisotopic (exact) mass is 316 g/mol. The number of ether oxygens (including phenoxy) is 2. The molecular weight excluding hydrogens is 292 g/mol. The summed E-state index contributed by atoms with van der Waals surface area (Å²) in [7, 11) is 3.46. The lowest BCUT2D eigenvalue weighted by Crippen LogP contribution is -2.28. The first-order chi connectivity index (χ1) is 11.2. The van der Waals surface area contributed by atoms with E-state index in [1.807, 2.05) is 19.1 Å². The largest absolute Gasteiger partial charge is 0.497 e. The average molecular weight is 316 g/mol. The van der Waals surface area contributed by atoms with Gasteiger partial charge in [0.25, 0.3) is 0 Å². The molecule has 1 saturated heterocycles. The molecule has 0 saturated carbocycles. The Kier molecular flexibility index (Phi) is 4.93. The number of likely N-dealkylation sites (tertiary alicyclic amines) is 1. The van der Waals surface area contributed by atoms with E-state index < -0.39 is 0 Å². The van der Waals surface area contributed by atoms with Crippen molar-refractivity contribution in [1.29, 1.82) is 0 Å². The van der Waals surface area contributed by atoms with Crippen molar-refractivity contribution in [2.75, 3.05) is 27.3 Å². The highest BCUT2D eigenvalue weighted by Crippen LogP contribution is 2.31. The first-order valence-corrected chi connectivity index (χ1v) is 7.98. The van der Waals surface area contributed by atoms with Crippen molar-refractivity contribution in [3.8, 4) is 5.75 Å². The number of rotatable bonds is 6. The topological polar surface area (TPSA) is 63.3 Å². The molecule has 1 fully saturated rings. The maximum Gasteiger partial charge on any atom is 0.167 e. The Hall–Kier alpha value is -1.92. The van der Waals surface area contributed by atoms with Gasteiger partial charge in [-0.1, -0.05) is 12.1 Å². The standard InChI is InChI=1S/C17H24N4O2/c1-12-18-17(20-19-12)16-10-15(23-3)11-21(16)9-8-13-4-6-14(22-2)7-5-13/h4-7,15-16H,8-11H2,1-3H3,(H,18,19,20)/t15-,16+/m1/s1. The van der Waals surface area contributed by atoms with Crippen molar-refractivity contribution < 1.29 is 9.47 Å². The lowest BCUT2D eigenvalue weighted by Gasteiger charge is -2.21. The number of hydrogen-bond acceptors (Lipinski definition) is 5. The van der Waals surface area contributed by atoms with Crippen molar-refractivity contribution in [3.63, 3.8) is 0 Å². The zero-order valence-corrected chi connectivity index (χ0v) is 14.0. The van der Waals surface area contributed by atoms with Gasteiger partial charge in [0.1, 0.15) is 11.6 Å². The third-order valence-electron chi connectivity index (χ3n) is 4.46. The van der Waals surface area contributed by atoms with Gasteiger partial charge in [-0.2, -0.15) is 5.10 Å². The van der Waals surface area contributed by atoms with Gasteiger partial charge in [0, 0.05) is 20.2 Å². The van der Waals surface area contributed by atoms with Crippen molar-refractivity contribution in [2.45, 2.75) is 31.9 Å². The molecule has 6 nitrogen and oxygen atoms in total. The lowest BCUT2D eigenvalue weighted by molar-refractivity contribution is 0.108. The van der Waals surface area contributed by atoms with E-state index in [4.69, 9.17) is 9.47 Å². The Balaban J connectivity index is 1.66. The Labute approximate surface area is 136 Å². The molecule has 1 aliphatic rings. The van der Waals surface area contributed by atoms with Gasteiger partial charge < -0.3 is 9.47 Å². The number of aryl methyl sites for hydroxylation is 1. The zero-order valence-electron chi connectivity index (χ0n) is 14.0. The maximum absolute atomic E-state index is 5.56. The second kappa shape index (κ2) is 7.10. The highest BCUT2D eigenvalue weighted by Gasteiger charge is 2.35. The van der Waals surface area contributed by atoms with E-state index >= 15 is 0 Å². The summed E-state index contributed by atoms with van der Waals surface area (Å²) in [6, 6.07) is 8.48. The molecule has 2 heterocycles. The minimum Gasteiger partial charge on any atom is -0.497 e. The second-order valence-electron chi connectivity index (χ2n) is 5.98. The van der Waals surface area contributed by atoms with Gasteiger partial charge in [-0.3, -0.25) is 10.00 Å². The van der Waals surface area contributed by atoms with E-state index in [2.05, 4.69) is 32.2 Å². The predicted molar refractivity (Wildman–Crippen MR) is 87.5 cm³/mol. The van der Waals surface area contributed by atoms with Gasteiger partial charge >= 0.3 is 0 Å². The summed E-state index contributed by atoms with van der Waals surface area (Å²) in [5, 5.41) is 7.29. The van der Waals surface area contributed by atoms with Crippen LogP contribution < -0.4 is 4.74 Å². The molecule has 1 aromatic carbocycles. The smallest absolute Gasteiger partial charge is 0.167 e. The van der Waals surface area contributed by atoms with E-state index in [1.165, 1.54) is 5.56 Å². The molecule has 0 amide bonds. The molecule has 0 aliphatic carbocycles. The van der Waals surface area contributed by atoms with Gasteiger partial charge in [-0.25, -0.2) is 4.98 Å². The molecular formula is C17H24N4O2. The molecule has 2 aromatic rings. The van der Waals surface area contributed by atoms with Crippen LogP contribution in [-0.4, -0.2) is 53.5 Å². The number of aromatic nitrogens is 3. The average Bonchev–Trinajstić information content (AvgIpc) is 3.19. The van der Waals surface area contributed by atoms with Gasteiger partial charge in [-0.15, -0.1) is 0 Å². The maximum atomic E-state index is 5.56. The minimum atomic E-state index is 0.225. The normalized spacial score (nSPS) is 21.7. The number of hydrogen-bond donors (Lipinski definition) is 1. The van der Waals surface area contributed by atoms with Crippen LogP contribution in [0.1, 0.15) is 29.7 Å². The summed E-state index contributed by atoms with van der Waals surface area (Å²) in [4.78, 5) is 6.93. The fraction of sp³-hybridized carbons (Fsp3) is 0.529. The Bertz CT molecular complexity index is 626. The molecule has 1 N–H and O–H groups in total. The summed E-state index contributed by atoms with van der Waals surface area (Å²) in [6.07, 6.45) is 2.17. The van der Waals surface area contributed by atoms with Gasteiger partial charge in [0.05, 0.1) is 19.3 Å². The minimum absolute atomic E-state index is 0.225. The molecule has 2 atom stereocenters. The number of benzene rings is 1. The summed E-state index contributed by atoms with van der Waals surface area (Å²) >= 11 is 0. The van der Waals surface area contributed by atoms with E-state index in [0.29, 0.717) is 0 Å². The quantitative estimate of drug-likeness (QED) is 0.884. The number of H-pyrrole nitrogens is 1. The van der Waals surface area contributed by atoms with E-state index in [0.717, 1.165) is 43.3 Å². The predicted octanol–water partition coefficient (Wildman–Crippen LogP) is 2.13. The summed E-state index contributed by atoms with van der Waals surface area (Å²) < 4.78 is 10.8. The first kappa shape index (κ1) is 16.0. The van der Waals surface area contributed by atoms with Crippen molar-refractivity contribution >= 4 is 0 Å². The zero-order chi connectivity index (χ0) is 16.2. The number of nitrogens with one attached hydrogen (secondary N) is 1. The van der Waals surface area contributed by atoms with Crippen LogP contribution in [0.5, 0.6) is 5.75 Å². The molecule has 1 aromatic heterocycles. The second-order valence-corrected chi connectivity index (χ2v) is 5.98. The lowest BCUT2D eigenvalue weighted by atomic mass is 10.1. The van der Waals surface area contributed by atoms with Crippen LogP contribution in [0.4, 0.5) is 0 Å². The molecule has 0 radical (unpaired) electrons. The molecule has 23 heavy (non-hydrogen) atoms. The summed E-state index contributed by atoms with van der Waals surface area (Å²) in [6.45, 7) is 3.82. The third-order valence-corrected chi connectivity index (χ3v) is 4.46. The first-order valence-electron chi connectivity index (χ1n) is 7.98. The van der Waals surface area contributed by atoms with Crippen LogP contribution in [-0.2, 0) is 11.2 Å². The van der Waals surface area contributed by atoms with Crippen LogP contribution in [0.2, 0.25) is 0 Å². The molecule has 0 unspecified atom stereocenters. The van der Waals surface area contributed by atoms with E-state index in [9.17, 15) is 0 Å². The highest BCUT2D eigenvalue weighted by molar-refractivity contribution is 5.27. The summed E-state index contributed by atoms with van der Waals surface area (Å²) in [5.41, 5.74) is 1.30. The molecule has 1 aliphatic heterocycles. The van der Waals surface area contributed by atoms with Gasteiger partial charge in [-0.05, 0) is 37.5 Å². The molecule has 0 spiro atoms. The fourth-order valence-electron chi connectivity index (χ4n) is 3.12. The van der Waals surface area contributed by atoms with Gasteiger partial charge in [0.2, 0.25) is 0 Å². The Morgan fingerprint density at radius 1 is 1.26 bits per heavy atom. The SMILES string of the molecule is COc1ccc(CCN2C[C@H](OC)C[C@H]2c2n[nH]c(C)n2)cc1. The van der Waals surface area contributed by atoms with E-state index in [-0.39, 0.29) is 12.1 Å².